The minimum Gasteiger partial charge on any atom is -0.326 e. The van der Waals surface area contributed by atoms with Crippen molar-refractivity contribution in [2.45, 2.75) is 40.0 Å². The molecule has 2 bridgehead atoms. The number of Topliss-reactive ketones (excluding diaryl/α,β-unsaturated/α-hetero) is 1. The van der Waals surface area contributed by atoms with Crippen molar-refractivity contribution in [3.8, 4) is 0 Å². The molecule has 2 atom stereocenters. The monoisotopic (exact) mass is 271 g/mol. The largest absolute Gasteiger partial charge is 0.326 e. The zero-order chi connectivity index (χ0) is 14.6. The summed E-state index contributed by atoms with van der Waals surface area (Å²) in [4.78, 5) is 25.2. The molecule has 3 rings (SSSR count). The van der Waals surface area contributed by atoms with Crippen LogP contribution in [-0.2, 0) is 9.59 Å². The van der Waals surface area contributed by atoms with E-state index in [9.17, 15) is 9.59 Å². The fourth-order valence-corrected chi connectivity index (χ4v) is 4.13. The average Bonchev–Trinajstić information content (AvgIpc) is 2.70. The molecule has 0 saturated heterocycles. The molecule has 0 unspecified atom stereocenters. The van der Waals surface area contributed by atoms with Crippen LogP contribution in [-0.4, -0.2) is 11.7 Å². The third kappa shape index (κ3) is 1.41. The summed E-state index contributed by atoms with van der Waals surface area (Å²) in [5.41, 5.74) is -0.373. The highest BCUT2D eigenvalue weighted by Crippen LogP contribution is 2.70. The molecule has 1 amide bonds. The highest BCUT2D eigenvalue weighted by molar-refractivity contribution is 6.04. The van der Waals surface area contributed by atoms with Crippen LogP contribution in [0.2, 0.25) is 0 Å². The third-order valence-corrected chi connectivity index (χ3v) is 6.17. The van der Waals surface area contributed by atoms with Crippen LogP contribution in [0.5, 0.6) is 0 Å². The van der Waals surface area contributed by atoms with Crippen LogP contribution in [0.1, 0.15) is 40.0 Å². The van der Waals surface area contributed by atoms with Gasteiger partial charge in [0.05, 0.1) is 5.41 Å². The van der Waals surface area contributed by atoms with Gasteiger partial charge in [-0.05, 0) is 30.4 Å². The van der Waals surface area contributed by atoms with Crippen LogP contribution in [0.3, 0.4) is 0 Å². The molecule has 2 aliphatic carbocycles. The molecule has 20 heavy (non-hydrogen) atoms. The quantitative estimate of drug-likeness (QED) is 0.896. The number of carbonyl (C=O) groups is 2. The van der Waals surface area contributed by atoms with Gasteiger partial charge < -0.3 is 5.32 Å². The predicted octanol–water partition coefficient (Wildman–Crippen LogP) is 3.41. The number of nitrogens with one attached hydrogen (secondary N) is 1. The Morgan fingerprint density at radius 1 is 1.10 bits per heavy atom. The molecule has 0 heterocycles. The maximum atomic E-state index is 12.8. The summed E-state index contributed by atoms with van der Waals surface area (Å²) in [5, 5.41) is 3.00. The Morgan fingerprint density at radius 2 is 1.75 bits per heavy atom. The minimum absolute atomic E-state index is 0.00303. The number of benzene rings is 1. The summed E-state index contributed by atoms with van der Waals surface area (Å²) in [5.74, 6) is 0.250. The number of carbonyl (C=O) groups excluding carboxylic acids is 2. The number of ketones is 1. The molecule has 0 spiro atoms. The molecule has 1 aromatic carbocycles. The lowest BCUT2D eigenvalue weighted by Gasteiger charge is -2.38. The number of rotatable bonds is 2. The van der Waals surface area contributed by atoms with E-state index < -0.39 is 5.41 Å². The SMILES string of the molecule is CC1(C)[C@]2(C(=O)Nc3ccccc3)CC[C@]1(C)C(=O)C2. The number of hydrogen-bond donors (Lipinski definition) is 1. The van der Waals surface area contributed by atoms with Crippen molar-refractivity contribution in [2.75, 3.05) is 5.32 Å². The smallest absolute Gasteiger partial charge is 0.231 e. The van der Waals surface area contributed by atoms with Crippen molar-refractivity contribution in [3.63, 3.8) is 0 Å². The van der Waals surface area contributed by atoms with E-state index in [1.807, 2.05) is 37.3 Å². The number of fused-ring (bicyclic) bond motifs is 2. The van der Waals surface area contributed by atoms with Crippen molar-refractivity contribution < 1.29 is 9.59 Å². The first-order valence-corrected chi connectivity index (χ1v) is 7.23. The topological polar surface area (TPSA) is 46.2 Å². The van der Waals surface area contributed by atoms with Crippen LogP contribution >= 0.6 is 0 Å². The van der Waals surface area contributed by atoms with Crippen molar-refractivity contribution in [2.24, 2.45) is 16.2 Å². The van der Waals surface area contributed by atoms with E-state index in [1.54, 1.807) is 0 Å². The van der Waals surface area contributed by atoms with Crippen LogP contribution < -0.4 is 5.32 Å². The van der Waals surface area contributed by atoms with E-state index in [4.69, 9.17) is 0 Å². The first kappa shape index (κ1) is 13.3. The van der Waals surface area contributed by atoms with Gasteiger partial charge >= 0.3 is 0 Å². The molecule has 106 valence electrons. The molecule has 2 saturated carbocycles. The van der Waals surface area contributed by atoms with E-state index in [-0.39, 0.29) is 22.5 Å². The summed E-state index contributed by atoms with van der Waals surface area (Å²) in [7, 11) is 0. The normalized spacial score (nSPS) is 34.2. The molecule has 1 N–H and O–H groups in total. The van der Waals surface area contributed by atoms with Gasteiger partial charge in [0.1, 0.15) is 5.78 Å². The van der Waals surface area contributed by atoms with E-state index in [0.717, 1.165) is 18.5 Å². The molecule has 0 radical (unpaired) electrons. The van der Waals surface area contributed by atoms with Gasteiger partial charge in [-0.3, -0.25) is 9.59 Å². The second-order valence-corrected chi connectivity index (χ2v) is 6.96. The van der Waals surface area contributed by atoms with E-state index in [2.05, 4.69) is 19.2 Å². The van der Waals surface area contributed by atoms with Gasteiger partial charge in [0.2, 0.25) is 5.91 Å². The minimum atomic E-state index is -0.547. The number of hydrogen-bond acceptors (Lipinski definition) is 2. The van der Waals surface area contributed by atoms with Crippen molar-refractivity contribution >= 4 is 17.4 Å². The van der Waals surface area contributed by atoms with Gasteiger partial charge in [-0.15, -0.1) is 0 Å². The molecular formula is C17H21NO2. The molecule has 0 aromatic heterocycles. The summed E-state index contributed by atoms with van der Waals surface area (Å²) >= 11 is 0. The lowest BCUT2D eigenvalue weighted by molar-refractivity contribution is -0.131. The van der Waals surface area contributed by atoms with Crippen LogP contribution in [0.25, 0.3) is 0 Å². The van der Waals surface area contributed by atoms with Crippen molar-refractivity contribution in [1.82, 2.24) is 0 Å². The lowest BCUT2D eigenvalue weighted by Crippen LogP contribution is -2.43. The molecular weight excluding hydrogens is 250 g/mol. The summed E-state index contributed by atoms with van der Waals surface area (Å²) in [6.45, 7) is 6.19. The first-order chi connectivity index (χ1) is 9.33. The Morgan fingerprint density at radius 3 is 2.25 bits per heavy atom. The van der Waals surface area contributed by atoms with Gasteiger partial charge in [-0.1, -0.05) is 39.0 Å². The summed E-state index contributed by atoms with van der Waals surface area (Å²) in [6.07, 6.45) is 2.01. The van der Waals surface area contributed by atoms with Gasteiger partial charge in [0.15, 0.2) is 0 Å². The molecule has 1 aromatic rings. The van der Waals surface area contributed by atoms with Crippen molar-refractivity contribution in [3.05, 3.63) is 30.3 Å². The third-order valence-electron chi connectivity index (χ3n) is 6.17. The predicted molar refractivity (Wildman–Crippen MR) is 78.3 cm³/mol. The van der Waals surface area contributed by atoms with Gasteiger partial charge in [-0.25, -0.2) is 0 Å². The molecule has 3 heteroatoms. The lowest BCUT2D eigenvalue weighted by atomic mass is 9.64. The van der Waals surface area contributed by atoms with E-state index >= 15 is 0 Å². The number of anilines is 1. The Balaban J connectivity index is 1.94. The average molecular weight is 271 g/mol. The zero-order valence-corrected chi connectivity index (χ0v) is 12.3. The Labute approximate surface area is 119 Å². The summed E-state index contributed by atoms with van der Waals surface area (Å²) in [6, 6.07) is 9.48. The Kier molecular flexibility index (Phi) is 2.63. The summed E-state index contributed by atoms with van der Waals surface area (Å²) < 4.78 is 0. The number of para-hydroxylation sites is 1. The van der Waals surface area contributed by atoms with Gasteiger partial charge in [0, 0.05) is 17.5 Å². The highest BCUT2D eigenvalue weighted by Gasteiger charge is 2.72. The van der Waals surface area contributed by atoms with Gasteiger partial charge in [-0.2, -0.15) is 0 Å². The molecule has 0 aliphatic heterocycles. The second-order valence-electron chi connectivity index (χ2n) is 6.96. The second kappa shape index (κ2) is 3.94. The highest BCUT2D eigenvalue weighted by atomic mass is 16.2. The molecule has 2 aliphatic rings. The standard InChI is InChI=1S/C17H21NO2/c1-15(2)16(3)9-10-17(15,11-13(16)19)14(20)18-12-7-5-4-6-8-12/h4-8H,9-11H2,1-3H3,(H,18,20)/t16-,17-/m1/s1. The van der Waals surface area contributed by atoms with Crippen LogP contribution in [0.4, 0.5) is 5.69 Å². The maximum absolute atomic E-state index is 12.8. The first-order valence-electron chi connectivity index (χ1n) is 7.23. The van der Waals surface area contributed by atoms with E-state index in [0.29, 0.717) is 6.42 Å². The van der Waals surface area contributed by atoms with Gasteiger partial charge in [0.25, 0.3) is 0 Å². The van der Waals surface area contributed by atoms with E-state index in [1.165, 1.54) is 0 Å². The van der Waals surface area contributed by atoms with Crippen LogP contribution in [0, 0.1) is 16.2 Å². The maximum Gasteiger partial charge on any atom is 0.231 e. The molecule has 2 fully saturated rings. The number of amides is 1. The Bertz CT molecular complexity index is 578. The van der Waals surface area contributed by atoms with Crippen molar-refractivity contribution in [1.29, 1.82) is 0 Å². The Hall–Kier alpha value is -1.64. The molecule has 3 nitrogen and oxygen atoms in total. The van der Waals surface area contributed by atoms with Crippen LogP contribution in [0.15, 0.2) is 30.3 Å². The fraction of sp³-hybridized carbons (Fsp3) is 0.529. The fourth-order valence-electron chi connectivity index (χ4n) is 4.13. The zero-order valence-electron chi connectivity index (χ0n) is 12.3.